The smallest absolute Gasteiger partial charge is 0.409 e. The number of amidine groups is 1. The largest absolute Gasteiger partial charge is 0.453 e. The molecule has 2 amide bonds. The molecule has 1 spiro atoms. The van der Waals surface area contributed by atoms with Gasteiger partial charge in [0.05, 0.1) is 12.6 Å². The number of benzene rings is 2. The Morgan fingerprint density at radius 2 is 1.84 bits per heavy atom. The monoisotopic (exact) mass is 498 g/mol. The van der Waals surface area contributed by atoms with Crippen molar-refractivity contribution < 1.29 is 19.1 Å². The quantitative estimate of drug-likeness (QED) is 0.540. The van der Waals surface area contributed by atoms with Crippen molar-refractivity contribution in [1.82, 2.24) is 14.8 Å². The van der Waals surface area contributed by atoms with Crippen LogP contribution < -0.4 is 0 Å². The molecule has 0 N–H and O–H groups in total. The summed E-state index contributed by atoms with van der Waals surface area (Å²) < 4.78 is 10.4. The highest BCUT2D eigenvalue weighted by Gasteiger charge is 2.50. The fourth-order valence-electron chi connectivity index (χ4n) is 5.68. The summed E-state index contributed by atoms with van der Waals surface area (Å²) in [5, 5.41) is 1.11. The maximum Gasteiger partial charge on any atom is 0.409 e. The molecule has 3 aliphatic rings. The van der Waals surface area contributed by atoms with E-state index in [4.69, 9.17) is 14.5 Å². The lowest BCUT2D eigenvalue weighted by Gasteiger charge is -2.30. The molecular weight excluding hydrogens is 468 g/mol. The van der Waals surface area contributed by atoms with Gasteiger partial charge in [-0.2, -0.15) is 0 Å². The first-order valence-corrected chi connectivity index (χ1v) is 12.8. The molecule has 8 heteroatoms. The second-order valence-electron chi connectivity index (χ2n) is 10.1. The summed E-state index contributed by atoms with van der Waals surface area (Å²) in [6.45, 7) is 2.82. The topological polar surface area (TPSA) is 84.3 Å². The predicted octanol–water partition coefficient (Wildman–Crippen LogP) is 4.13. The molecule has 1 atom stereocenters. The van der Waals surface area contributed by atoms with Gasteiger partial charge < -0.3 is 14.4 Å². The molecule has 37 heavy (non-hydrogen) atoms. The summed E-state index contributed by atoms with van der Waals surface area (Å²) in [7, 11) is 1.40. The number of nitrogens with zero attached hydrogens (tertiary/aromatic N) is 4. The summed E-state index contributed by atoms with van der Waals surface area (Å²) in [6.07, 6.45) is 3.50. The maximum absolute atomic E-state index is 13.8. The lowest BCUT2D eigenvalue weighted by atomic mass is 9.90. The minimum atomic E-state index is -0.753. The molecule has 2 fully saturated rings. The third-order valence-electron chi connectivity index (χ3n) is 7.78. The highest BCUT2D eigenvalue weighted by atomic mass is 16.5. The van der Waals surface area contributed by atoms with Crippen LogP contribution in [0, 0.1) is 5.92 Å². The molecular formula is C29H30N4O4. The van der Waals surface area contributed by atoms with Gasteiger partial charge in [0.1, 0.15) is 11.4 Å². The number of rotatable bonds is 4. The predicted molar refractivity (Wildman–Crippen MR) is 140 cm³/mol. The van der Waals surface area contributed by atoms with Crippen molar-refractivity contribution in [3.63, 3.8) is 0 Å². The van der Waals surface area contributed by atoms with Gasteiger partial charge in [-0.05, 0) is 35.6 Å². The number of fused-ring (bicyclic) bond motifs is 1. The number of carbonyl (C=O) groups excluding carboxylic acids is 2. The molecule has 1 aromatic heterocycles. The fourth-order valence-corrected chi connectivity index (χ4v) is 5.68. The van der Waals surface area contributed by atoms with Gasteiger partial charge in [0, 0.05) is 62.8 Å². The van der Waals surface area contributed by atoms with Crippen LogP contribution in [0.5, 0.6) is 0 Å². The lowest BCUT2D eigenvalue weighted by molar-refractivity contribution is -0.134. The van der Waals surface area contributed by atoms with E-state index >= 15 is 0 Å². The Bertz CT molecular complexity index is 1360. The second kappa shape index (κ2) is 9.59. The van der Waals surface area contributed by atoms with Crippen molar-refractivity contribution in [2.45, 2.75) is 24.8 Å². The first kappa shape index (κ1) is 23.6. The van der Waals surface area contributed by atoms with Crippen LogP contribution in [0.2, 0.25) is 0 Å². The number of carbonyl (C=O) groups is 2. The Kier molecular flexibility index (Phi) is 6.12. The van der Waals surface area contributed by atoms with E-state index in [0.717, 1.165) is 39.8 Å². The van der Waals surface area contributed by atoms with Crippen LogP contribution in [0.4, 0.5) is 4.79 Å². The van der Waals surface area contributed by atoms with Crippen molar-refractivity contribution in [2.24, 2.45) is 10.9 Å². The molecule has 190 valence electrons. The highest BCUT2D eigenvalue weighted by molar-refractivity contribution is 6.15. The minimum Gasteiger partial charge on any atom is -0.453 e. The highest BCUT2D eigenvalue weighted by Crippen LogP contribution is 2.36. The number of methoxy groups -OCH3 is 1. The number of ether oxygens (including phenoxy) is 2. The Hall–Kier alpha value is -3.78. The maximum atomic E-state index is 13.8. The summed E-state index contributed by atoms with van der Waals surface area (Å²) in [5.41, 5.74) is 3.30. The first-order valence-electron chi connectivity index (χ1n) is 12.8. The Morgan fingerprint density at radius 3 is 2.62 bits per heavy atom. The lowest BCUT2D eigenvalue weighted by Crippen LogP contribution is -2.47. The number of likely N-dealkylation sites (tertiary alicyclic amines) is 1. The molecule has 3 aromatic rings. The minimum absolute atomic E-state index is 0.0481. The molecule has 3 aliphatic heterocycles. The number of amides is 2. The van der Waals surface area contributed by atoms with E-state index in [2.05, 4.69) is 41.4 Å². The number of aromatic nitrogens is 1. The van der Waals surface area contributed by atoms with E-state index in [1.165, 1.54) is 7.11 Å². The van der Waals surface area contributed by atoms with Crippen LogP contribution in [0.1, 0.15) is 24.8 Å². The van der Waals surface area contributed by atoms with Gasteiger partial charge in [0.2, 0.25) is 0 Å². The van der Waals surface area contributed by atoms with Crippen LogP contribution in [0.15, 0.2) is 65.8 Å². The molecule has 2 aromatic carbocycles. The van der Waals surface area contributed by atoms with E-state index < -0.39 is 5.54 Å². The zero-order chi connectivity index (χ0) is 25.4. The van der Waals surface area contributed by atoms with E-state index in [-0.39, 0.29) is 17.9 Å². The molecule has 0 saturated carbocycles. The van der Waals surface area contributed by atoms with Gasteiger partial charge >= 0.3 is 6.09 Å². The van der Waals surface area contributed by atoms with Crippen molar-refractivity contribution in [3.8, 4) is 11.1 Å². The van der Waals surface area contributed by atoms with Gasteiger partial charge in [-0.3, -0.25) is 19.7 Å². The molecule has 0 radical (unpaired) electrons. The van der Waals surface area contributed by atoms with Crippen LogP contribution in [-0.2, 0) is 14.3 Å². The molecule has 0 aliphatic carbocycles. The van der Waals surface area contributed by atoms with Gasteiger partial charge in [0.25, 0.3) is 5.91 Å². The third-order valence-corrected chi connectivity index (χ3v) is 7.78. The molecule has 8 nitrogen and oxygen atoms in total. The molecule has 2 saturated heterocycles. The summed E-state index contributed by atoms with van der Waals surface area (Å²) in [6, 6.07) is 18.5. The van der Waals surface area contributed by atoms with Crippen molar-refractivity contribution in [3.05, 3.63) is 66.4 Å². The SMILES string of the molecule is COC(=O)N1CCC(CN2C(=O)C3(CCOCC3)N=C2c2ccc(-c3ccc4cccnc4c3)cc2)C1. The summed E-state index contributed by atoms with van der Waals surface area (Å²) in [5.74, 6) is 0.940. The van der Waals surface area contributed by atoms with Crippen LogP contribution in [0.25, 0.3) is 22.0 Å². The average molecular weight is 499 g/mol. The van der Waals surface area contributed by atoms with Crippen molar-refractivity contribution >= 4 is 28.7 Å². The Labute approximate surface area is 215 Å². The standard InChI is InChI=1S/C29H30N4O4/c1-36-28(35)32-14-10-20(18-32)19-33-26(31-29(27(33)34)11-15-37-16-12-29)23-7-4-21(5-8-23)24-9-6-22-3-2-13-30-25(22)17-24/h2-9,13,17,20H,10-12,14-16,18-19H2,1H3. The van der Waals surface area contributed by atoms with E-state index in [0.29, 0.717) is 45.7 Å². The molecule has 6 rings (SSSR count). The molecule has 0 bridgehead atoms. The molecule has 4 heterocycles. The van der Waals surface area contributed by atoms with Crippen LogP contribution in [0.3, 0.4) is 0 Å². The van der Waals surface area contributed by atoms with Gasteiger partial charge in [-0.15, -0.1) is 0 Å². The average Bonchev–Trinajstić information content (AvgIpc) is 3.52. The zero-order valence-electron chi connectivity index (χ0n) is 20.9. The number of hydrogen-bond donors (Lipinski definition) is 0. The van der Waals surface area contributed by atoms with Crippen LogP contribution in [-0.4, -0.2) is 78.1 Å². The van der Waals surface area contributed by atoms with Gasteiger partial charge in [-0.25, -0.2) is 4.79 Å². The zero-order valence-corrected chi connectivity index (χ0v) is 20.9. The normalized spacial score (nSPS) is 21.1. The van der Waals surface area contributed by atoms with E-state index in [1.807, 2.05) is 23.1 Å². The second-order valence-corrected chi connectivity index (χ2v) is 10.1. The van der Waals surface area contributed by atoms with Crippen molar-refractivity contribution in [2.75, 3.05) is 40.0 Å². The Balaban J connectivity index is 1.28. The van der Waals surface area contributed by atoms with Gasteiger partial charge in [0.15, 0.2) is 0 Å². The van der Waals surface area contributed by atoms with Gasteiger partial charge in [-0.1, -0.05) is 42.5 Å². The first-order chi connectivity index (χ1) is 18.1. The third kappa shape index (κ3) is 4.35. The van der Waals surface area contributed by atoms with Crippen LogP contribution >= 0.6 is 0 Å². The van der Waals surface area contributed by atoms with E-state index in [9.17, 15) is 9.59 Å². The Morgan fingerprint density at radius 1 is 1.08 bits per heavy atom. The number of aliphatic imine (C=N–C) groups is 1. The molecule has 1 unspecified atom stereocenters. The number of hydrogen-bond acceptors (Lipinski definition) is 6. The summed E-state index contributed by atoms with van der Waals surface area (Å²) in [4.78, 5) is 38.9. The number of pyridine rings is 1. The fraction of sp³-hybridized carbons (Fsp3) is 0.379. The summed E-state index contributed by atoms with van der Waals surface area (Å²) >= 11 is 0. The van der Waals surface area contributed by atoms with E-state index in [1.54, 1.807) is 11.1 Å². The van der Waals surface area contributed by atoms with Crippen molar-refractivity contribution in [1.29, 1.82) is 0 Å².